The summed E-state index contributed by atoms with van der Waals surface area (Å²) in [6.45, 7) is 0. The smallest absolute Gasteiger partial charge is 0.227 e. The lowest BCUT2D eigenvalue weighted by Crippen LogP contribution is -2.55. The number of hydrogen-bond acceptors (Lipinski definition) is 2. The number of carbonyl (C=O) groups is 1. The molecule has 102 valence electrons. The Labute approximate surface area is 114 Å². The number of nitrogens with one attached hydrogen (secondary N) is 1. The monoisotopic (exact) mass is 258 g/mol. The molecule has 1 atom stereocenters. The average molecular weight is 258 g/mol. The van der Waals surface area contributed by atoms with E-state index in [0.29, 0.717) is 5.92 Å². The van der Waals surface area contributed by atoms with E-state index in [1.165, 1.54) is 19.3 Å². The maximum Gasteiger partial charge on any atom is 0.227 e. The van der Waals surface area contributed by atoms with Crippen LogP contribution in [0.5, 0.6) is 0 Å². The summed E-state index contributed by atoms with van der Waals surface area (Å²) < 4.78 is 0. The van der Waals surface area contributed by atoms with Crippen LogP contribution in [0.3, 0.4) is 0 Å². The third-order valence-electron chi connectivity index (χ3n) is 6.04. The van der Waals surface area contributed by atoms with Crippen LogP contribution < -0.4 is 5.32 Å². The van der Waals surface area contributed by atoms with Gasteiger partial charge in [-0.25, -0.2) is 0 Å². The Morgan fingerprint density at radius 1 is 1.11 bits per heavy atom. The van der Waals surface area contributed by atoms with E-state index in [2.05, 4.69) is 11.4 Å². The molecule has 0 saturated heterocycles. The van der Waals surface area contributed by atoms with Crippen LogP contribution in [0.15, 0.2) is 0 Å². The van der Waals surface area contributed by atoms with E-state index in [1.54, 1.807) is 0 Å². The zero-order valence-electron chi connectivity index (χ0n) is 11.4. The van der Waals surface area contributed by atoms with Crippen molar-refractivity contribution in [3.05, 3.63) is 0 Å². The highest BCUT2D eigenvalue weighted by molar-refractivity contribution is 5.83. The van der Waals surface area contributed by atoms with E-state index in [9.17, 15) is 10.1 Å². The standard InChI is InChI=1S/C16H22N2O/c17-9-14(13-1-2-13)18-15(19)16-6-10-3-11(7-16)5-12(4-10)8-16/h10-14H,1-8H2,(H,18,19). The molecule has 0 aromatic heterocycles. The first-order valence-electron chi connectivity index (χ1n) is 7.89. The highest BCUT2D eigenvalue weighted by atomic mass is 16.2. The van der Waals surface area contributed by atoms with Crippen molar-refractivity contribution in [2.75, 3.05) is 0 Å². The lowest BCUT2D eigenvalue weighted by Gasteiger charge is -2.55. The van der Waals surface area contributed by atoms with Crippen molar-refractivity contribution in [1.29, 1.82) is 5.26 Å². The van der Waals surface area contributed by atoms with Crippen LogP contribution in [-0.2, 0) is 4.79 Å². The zero-order chi connectivity index (χ0) is 13.0. The molecule has 5 aliphatic carbocycles. The summed E-state index contributed by atoms with van der Waals surface area (Å²) in [7, 11) is 0. The summed E-state index contributed by atoms with van der Waals surface area (Å²) in [5.74, 6) is 3.02. The van der Waals surface area contributed by atoms with Gasteiger partial charge in [-0.15, -0.1) is 0 Å². The zero-order valence-corrected chi connectivity index (χ0v) is 11.4. The predicted octanol–water partition coefficient (Wildman–Crippen LogP) is 2.62. The molecule has 3 heteroatoms. The lowest BCUT2D eigenvalue weighted by molar-refractivity contribution is -0.146. The average Bonchev–Trinajstić information content (AvgIpc) is 3.18. The van der Waals surface area contributed by atoms with Crippen LogP contribution in [0.2, 0.25) is 0 Å². The third kappa shape index (κ3) is 1.88. The van der Waals surface area contributed by atoms with E-state index in [0.717, 1.165) is 49.9 Å². The first-order valence-corrected chi connectivity index (χ1v) is 7.89. The minimum absolute atomic E-state index is 0.0985. The Morgan fingerprint density at radius 3 is 2.05 bits per heavy atom. The molecule has 5 aliphatic rings. The van der Waals surface area contributed by atoms with Gasteiger partial charge in [-0.05, 0) is 75.0 Å². The predicted molar refractivity (Wildman–Crippen MR) is 70.9 cm³/mol. The minimum Gasteiger partial charge on any atom is -0.340 e. The summed E-state index contributed by atoms with van der Waals surface area (Å²) in [6.07, 6.45) is 9.57. The molecular formula is C16H22N2O. The van der Waals surface area contributed by atoms with Crippen LogP contribution in [0, 0.1) is 40.4 Å². The lowest BCUT2D eigenvalue weighted by atomic mass is 9.49. The largest absolute Gasteiger partial charge is 0.340 e. The molecule has 4 bridgehead atoms. The van der Waals surface area contributed by atoms with Gasteiger partial charge in [0.1, 0.15) is 6.04 Å². The Bertz CT molecular complexity index is 411. The molecular weight excluding hydrogens is 236 g/mol. The van der Waals surface area contributed by atoms with Crippen molar-refractivity contribution in [1.82, 2.24) is 5.32 Å². The maximum atomic E-state index is 12.7. The van der Waals surface area contributed by atoms with E-state index in [-0.39, 0.29) is 17.4 Å². The second kappa shape index (κ2) is 3.98. The molecule has 5 fully saturated rings. The van der Waals surface area contributed by atoms with Crippen LogP contribution >= 0.6 is 0 Å². The molecule has 5 saturated carbocycles. The van der Waals surface area contributed by atoms with E-state index in [1.807, 2.05) is 0 Å². The molecule has 1 N–H and O–H groups in total. The number of amides is 1. The molecule has 1 unspecified atom stereocenters. The molecule has 1 amide bonds. The van der Waals surface area contributed by atoms with Gasteiger partial charge in [-0.2, -0.15) is 5.26 Å². The fourth-order valence-electron chi connectivity index (χ4n) is 5.37. The van der Waals surface area contributed by atoms with Crippen LogP contribution in [0.25, 0.3) is 0 Å². The van der Waals surface area contributed by atoms with Gasteiger partial charge in [0, 0.05) is 5.41 Å². The molecule has 0 heterocycles. The van der Waals surface area contributed by atoms with Gasteiger partial charge in [-0.1, -0.05) is 0 Å². The molecule has 0 spiro atoms. The fourth-order valence-corrected chi connectivity index (χ4v) is 5.37. The molecule has 0 radical (unpaired) electrons. The Kier molecular flexibility index (Phi) is 2.46. The normalized spacial score (nSPS) is 44.7. The molecule has 0 aliphatic heterocycles. The Morgan fingerprint density at radius 2 is 1.63 bits per heavy atom. The molecule has 19 heavy (non-hydrogen) atoms. The molecule has 3 nitrogen and oxygen atoms in total. The van der Waals surface area contributed by atoms with Crippen molar-refractivity contribution < 1.29 is 4.79 Å². The number of hydrogen-bond donors (Lipinski definition) is 1. The van der Waals surface area contributed by atoms with Gasteiger partial charge < -0.3 is 5.32 Å². The van der Waals surface area contributed by atoms with E-state index >= 15 is 0 Å². The quantitative estimate of drug-likeness (QED) is 0.846. The van der Waals surface area contributed by atoms with Gasteiger partial charge in [0.15, 0.2) is 0 Å². The number of nitriles is 1. The number of carbonyl (C=O) groups excluding carboxylic acids is 1. The van der Waals surface area contributed by atoms with Crippen molar-refractivity contribution in [2.24, 2.45) is 29.1 Å². The second-order valence-corrected chi connectivity index (χ2v) is 7.62. The van der Waals surface area contributed by atoms with Crippen molar-refractivity contribution in [2.45, 2.75) is 57.4 Å². The van der Waals surface area contributed by atoms with Crippen LogP contribution in [0.4, 0.5) is 0 Å². The van der Waals surface area contributed by atoms with Crippen LogP contribution in [0.1, 0.15) is 51.4 Å². The summed E-state index contributed by atoms with van der Waals surface area (Å²) in [5.41, 5.74) is -0.0985. The SMILES string of the molecule is N#CC(NC(=O)C12CC3CC(CC(C3)C1)C2)C1CC1. The van der Waals surface area contributed by atoms with Crippen molar-refractivity contribution >= 4 is 5.91 Å². The third-order valence-corrected chi connectivity index (χ3v) is 6.04. The highest BCUT2D eigenvalue weighted by Crippen LogP contribution is 2.60. The second-order valence-electron chi connectivity index (χ2n) is 7.62. The van der Waals surface area contributed by atoms with Gasteiger partial charge in [-0.3, -0.25) is 4.79 Å². The number of nitrogens with zero attached hydrogens (tertiary/aromatic N) is 1. The molecule has 5 rings (SSSR count). The highest BCUT2D eigenvalue weighted by Gasteiger charge is 2.55. The summed E-state index contributed by atoms with van der Waals surface area (Å²) in [4.78, 5) is 12.7. The summed E-state index contributed by atoms with van der Waals surface area (Å²) in [5, 5.41) is 12.3. The fraction of sp³-hybridized carbons (Fsp3) is 0.875. The summed E-state index contributed by atoms with van der Waals surface area (Å²) >= 11 is 0. The van der Waals surface area contributed by atoms with E-state index < -0.39 is 0 Å². The first-order chi connectivity index (χ1) is 9.18. The number of rotatable bonds is 3. The Balaban J connectivity index is 1.51. The molecule has 0 aromatic rings. The van der Waals surface area contributed by atoms with Gasteiger partial charge in [0.05, 0.1) is 6.07 Å². The topological polar surface area (TPSA) is 52.9 Å². The molecule has 0 aromatic carbocycles. The van der Waals surface area contributed by atoms with Gasteiger partial charge in [0.25, 0.3) is 0 Å². The maximum absolute atomic E-state index is 12.7. The van der Waals surface area contributed by atoms with Crippen molar-refractivity contribution in [3.8, 4) is 6.07 Å². The van der Waals surface area contributed by atoms with Gasteiger partial charge in [0.2, 0.25) is 5.91 Å². The first kappa shape index (κ1) is 11.8. The Hall–Kier alpha value is -1.04. The minimum atomic E-state index is -0.222. The van der Waals surface area contributed by atoms with E-state index in [4.69, 9.17) is 0 Å². The van der Waals surface area contributed by atoms with Gasteiger partial charge >= 0.3 is 0 Å². The van der Waals surface area contributed by atoms with Crippen LogP contribution in [-0.4, -0.2) is 11.9 Å². The summed E-state index contributed by atoms with van der Waals surface area (Å²) in [6, 6.07) is 2.07. The van der Waals surface area contributed by atoms with Crippen molar-refractivity contribution in [3.63, 3.8) is 0 Å².